The predicted octanol–water partition coefficient (Wildman–Crippen LogP) is 1.56. The maximum Gasteiger partial charge on any atom is 0.339 e. The van der Waals surface area contributed by atoms with Gasteiger partial charge in [-0.1, -0.05) is 0 Å². The SMILES string of the molecule is CC(NCc1c(C(=O)O)cnn1C)c1ccco1. The number of carbonyl (C=O) groups is 1. The summed E-state index contributed by atoms with van der Waals surface area (Å²) in [5.74, 6) is -0.153. The van der Waals surface area contributed by atoms with Crippen molar-refractivity contribution in [2.45, 2.75) is 19.5 Å². The minimum Gasteiger partial charge on any atom is -0.478 e. The normalized spacial score (nSPS) is 12.6. The molecule has 0 radical (unpaired) electrons. The van der Waals surface area contributed by atoms with Crippen molar-refractivity contribution in [2.24, 2.45) is 7.05 Å². The Morgan fingerprint density at radius 3 is 3.06 bits per heavy atom. The molecule has 0 aromatic carbocycles. The second kappa shape index (κ2) is 5.05. The second-order valence-electron chi connectivity index (χ2n) is 4.05. The molecule has 18 heavy (non-hydrogen) atoms. The summed E-state index contributed by atoms with van der Waals surface area (Å²) in [5.41, 5.74) is 0.859. The first-order valence-electron chi connectivity index (χ1n) is 5.60. The fraction of sp³-hybridized carbons (Fsp3) is 0.333. The minimum atomic E-state index is -0.967. The van der Waals surface area contributed by atoms with Gasteiger partial charge in [0, 0.05) is 13.6 Å². The molecule has 1 atom stereocenters. The summed E-state index contributed by atoms with van der Waals surface area (Å²) in [4.78, 5) is 11.0. The van der Waals surface area contributed by atoms with Gasteiger partial charge in [0.2, 0.25) is 0 Å². The highest BCUT2D eigenvalue weighted by molar-refractivity contribution is 5.88. The van der Waals surface area contributed by atoms with Crippen LogP contribution in [0.3, 0.4) is 0 Å². The lowest BCUT2D eigenvalue weighted by atomic mass is 10.2. The lowest BCUT2D eigenvalue weighted by Crippen LogP contribution is -2.21. The zero-order valence-corrected chi connectivity index (χ0v) is 10.3. The van der Waals surface area contributed by atoms with Gasteiger partial charge >= 0.3 is 5.97 Å². The Bertz CT molecular complexity index is 531. The van der Waals surface area contributed by atoms with E-state index in [1.54, 1.807) is 18.0 Å². The number of hydrogen-bond donors (Lipinski definition) is 2. The minimum absolute atomic E-state index is 0.0107. The van der Waals surface area contributed by atoms with Gasteiger partial charge in [0.15, 0.2) is 0 Å². The van der Waals surface area contributed by atoms with Crippen molar-refractivity contribution in [2.75, 3.05) is 0 Å². The number of aryl methyl sites for hydroxylation is 1. The van der Waals surface area contributed by atoms with Crippen molar-refractivity contribution >= 4 is 5.97 Å². The van der Waals surface area contributed by atoms with Gasteiger partial charge in [-0.2, -0.15) is 5.10 Å². The molecule has 1 unspecified atom stereocenters. The van der Waals surface area contributed by atoms with Crippen molar-refractivity contribution in [3.8, 4) is 0 Å². The summed E-state index contributed by atoms with van der Waals surface area (Å²) in [6.07, 6.45) is 2.97. The van der Waals surface area contributed by atoms with Gasteiger partial charge in [-0.05, 0) is 19.1 Å². The molecule has 0 aliphatic rings. The van der Waals surface area contributed by atoms with Crippen LogP contribution in [0.15, 0.2) is 29.0 Å². The number of carboxylic acids is 1. The van der Waals surface area contributed by atoms with E-state index in [9.17, 15) is 4.79 Å². The Balaban J connectivity index is 2.06. The second-order valence-corrected chi connectivity index (χ2v) is 4.05. The van der Waals surface area contributed by atoms with Crippen molar-refractivity contribution in [3.63, 3.8) is 0 Å². The average Bonchev–Trinajstić information content (AvgIpc) is 2.95. The number of nitrogens with zero attached hydrogens (tertiary/aromatic N) is 2. The van der Waals surface area contributed by atoms with E-state index in [0.717, 1.165) is 5.76 Å². The molecule has 2 rings (SSSR count). The molecule has 2 aromatic rings. The van der Waals surface area contributed by atoms with Crippen molar-refractivity contribution in [3.05, 3.63) is 41.6 Å². The number of furan rings is 1. The van der Waals surface area contributed by atoms with Gasteiger partial charge < -0.3 is 14.8 Å². The number of rotatable bonds is 5. The lowest BCUT2D eigenvalue weighted by Gasteiger charge is -2.12. The molecule has 6 nitrogen and oxygen atoms in total. The maximum atomic E-state index is 11.0. The van der Waals surface area contributed by atoms with E-state index >= 15 is 0 Å². The van der Waals surface area contributed by atoms with E-state index in [0.29, 0.717) is 12.2 Å². The summed E-state index contributed by atoms with van der Waals surface area (Å²) in [6.45, 7) is 2.37. The van der Waals surface area contributed by atoms with Crippen LogP contribution in [0.2, 0.25) is 0 Å². The van der Waals surface area contributed by atoms with Crippen molar-refractivity contribution < 1.29 is 14.3 Å². The zero-order valence-electron chi connectivity index (χ0n) is 10.3. The summed E-state index contributed by atoms with van der Waals surface area (Å²) >= 11 is 0. The van der Waals surface area contributed by atoms with Crippen LogP contribution < -0.4 is 5.32 Å². The van der Waals surface area contributed by atoms with Crippen LogP contribution in [0, 0.1) is 0 Å². The third-order valence-corrected chi connectivity index (χ3v) is 2.84. The molecule has 2 heterocycles. The van der Waals surface area contributed by atoms with Crippen molar-refractivity contribution in [1.82, 2.24) is 15.1 Å². The Hall–Kier alpha value is -2.08. The topological polar surface area (TPSA) is 80.3 Å². The van der Waals surface area contributed by atoms with Crippen LogP contribution in [-0.2, 0) is 13.6 Å². The Labute approximate surface area is 104 Å². The van der Waals surface area contributed by atoms with Crippen LogP contribution in [0.1, 0.15) is 34.8 Å². The summed E-state index contributed by atoms with van der Waals surface area (Å²) in [6, 6.07) is 3.70. The average molecular weight is 249 g/mol. The van der Waals surface area contributed by atoms with Crippen molar-refractivity contribution in [1.29, 1.82) is 0 Å². The van der Waals surface area contributed by atoms with E-state index in [4.69, 9.17) is 9.52 Å². The first-order chi connectivity index (χ1) is 8.59. The monoisotopic (exact) mass is 249 g/mol. The lowest BCUT2D eigenvalue weighted by molar-refractivity contribution is 0.0695. The van der Waals surface area contributed by atoms with E-state index < -0.39 is 5.97 Å². The van der Waals surface area contributed by atoms with Gasteiger partial charge in [0.25, 0.3) is 0 Å². The zero-order chi connectivity index (χ0) is 13.1. The fourth-order valence-electron chi connectivity index (χ4n) is 1.74. The molecule has 0 amide bonds. The predicted molar refractivity (Wildman–Crippen MR) is 64.1 cm³/mol. The summed E-state index contributed by atoms with van der Waals surface area (Å²) < 4.78 is 6.83. The number of nitrogens with one attached hydrogen (secondary N) is 1. The van der Waals surface area contributed by atoms with E-state index in [2.05, 4.69) is 10.4 Å². The molecular formula is C12H15N3O3. The van der Waals surface area contributed by atoms with Crippen LogP contribution in [0.5, 0.6) is 0 Å². The molecule has 2 aromatic heterocycles. The number of aromatic nitrogens is 2. The highest BCUT2D eigenvalue weighted by Crippen LogP contribution is 2.14. The molecule has 0 spiro atoms. The van der Waals surface area contributed by atoms with Crippen LogP contribution in [-0.4, -0.2) is 20.9 Å². The Morgan fingerprint density at radius 2 is 2.44 bits per heavy atom. The highest BCUT2D eigenvalue weighted by atomic mass is 16.4. The maximum absolute atomic E-state index is 11.0. The first kappa shape index (κ1) is 12.4. The highest BCUT2D eigenvalue weighted by Gasteiger charge is 2.16. The largest absolute Gasteiger partial charge is 0.478 e. The van der Waals surface area contributed by atoms with E-state index in [1.165, 1.54) is 6.20 Å². The fourth-order valence-corrected chi connectivity index (χ4v) is 1.74. The van der Waals surface area contributed by atoms with Crippen LogP contribution in [0.4, 0.5) is 0 Å². The third-order valence-electron chi connectivity index (χ3n) is 2.84. The molecule has 2 N–H and O–H groups in total. The molecule has 6 heteroatoms. The molecule has 0 fully saturated rings. The van der Waals surface area contributed by atoms with Gasteiger partial charge in [-0.15, -0.1) is 0 Å². The molecule has 0 saturated carbocycles. The van der Waals surface area contributed by atoms with E-state index in [1.807, 2.05) is 19.1 Å². The van der Waals surface area contributed by atoms with Gasteiger partial charge in [0.05, 0.1) is 24.2 Å². The molecule has 0 aliphatic heterocycles. The third kappa shape index (κ3) is 2.43. The first-order valence-corrected chi connectivity index (χ1v) is 5.60. The van der Waals surface area contributed by atoms with E-state index in [-0.39, 0.29) is 11.6 Å². The van der Waals surface area contributed by atoms with Crippen LogP contribution in [0.25, 0.3) is 0 Å². The molecule has 0 saturated heterocycles. The number of carboxylic acid groups (broad SMARTS) is 1. The molecule has 0 bridgehead atoms. The van der Waals surface area contributed by atoms with Gasteiger partial charge in [0.1, 0.15) is 11.3 Å². The molecular weight excluding hydrogens is 234 g/mol. The molecule has 96 valence electrons. The number of aromatic carboxylic acids is 1. The standard InChI is InChI=1S/C12H15N3O3/c1-8(11-4-3-5-18-11)13-7-10-9(12(16)17)6-14-15(10)2/h3-6,8,13H,7H2,1-2H3,(H,16,17). The summed E-state index contributed by atoms with van der Waals surface area (Å²) in [5, 5.41) is 16.2. The van der Waals surface area contributed by atoms with Crippen LogP contribution >= 0.6 is 0 Å². The smallest absolute Gasteiger partial charge is 0.339 e. The Kier molecular flexibility index (Phi) is 3.47. The van der Waals surface area contributed by atoms with Gasteiger partial charge in [-0.3, -0.25) is 4.68 Å². The Morgan fingerprint density at radius 1 is 1.67 bits per heavy atom. The quantitative estimate of drug-likeness (QED) is 0.840. The number of hydrogen-bond acceptors (Lipinski definition) is 4. The van der Waals surface area contributed by atoms with Gasteiger partial charge in [-0.25, -0.2) is 4.79 Å². The molecule has 0 aliphatic carbocycles. The summed E-state index contributed by atoms with van der Waals surface area (Å²) in [7, 11) is 1.72.